The van der Waals surface area contributed by atoms with Gasteiger partial charge >= 0.3 is 0 Å². The van der Waals surface area contributed by atoms with Crippen molar-refractivity contribution in [2.24, 2.45) is 0 Å². The van der Waals surface area contributed by atoms with Crippen LogP contribution in [-0.2, 0) is 5.75 Å². The van der Waals surface area contributed by atoms with Gasteiger partial charge in [0, 0.05) is 5.56 Å². The molecule has 2 heterocycles. The Kier molecular flexibility index (Phi) is 4.58. The number of benzene rings is 1. The normalized spacial score (nSPS) is 10.6. The van der Waals surface area contributed by atoms with Gasteiger partial charge in [-0.05, 0) is 32.9 Å². The highest BCUT2D eigenvalue weighted by molar-refractivity contribution is 7.98. The van der Waals surface area contributed by atoms with E-state index in [2.05, 4.69) is 26.2 Å². The lowest BCUT2D eigenvalue weighted by molar-refractivity contribution is 0.425. The molecule has 3 aromatic rings. The second-order valence-electron chi connectivity index (χ2n) is 5.32. The predicted octanol–water partition coefficient (Wildman–Crippen LogP) is 3.62. The van der Waals surface area contributed by atoms with E-state index in [0.29, 0.717) is 39.6 Å². The van der Waals surface area contributed by atoms with Gasteiger partial charge in [-0.1, -0.05) is 34.6 Å². The van der Waals surface area contributed by atoms with E-state index in [-0.39, 0.29) is 0 Å². The molecule has 0 fully saturated rings. The predicted molar refractivity (Wildman–Crippen MR) is 90.3 cm³/mol. The van der Waals surface area contributed by atoms with E-state index in [0.717, 1.165) is 5.56 Å². The Morgan fingerprint density at radius 1 is 1.08 bits per heavy atom. The van der Waals surface area contributed by atoms with Crippen molar-refractivity contribution in [3.8, 4) is 17.5 Å². The van der Waals surface area contributed by atoms with Crippen LogP contribution in [0.25, 0.3) is 11.5 Å². The molecular formula is C17H15N5OS. The van der Waals surface area contributed by atoms with Crippen LogP contribution in [0, 0.1) is 32.1 Å². The van der Waals surface area contributed by atoms with Crippen molar-refractivity contribution in [3.63, 3.8) is 0 Å². The molecule has 0 aliphatic heterocycles. The minimum atomic E-state index is 0.472. The highest BCUT2D eigenvalue weighted by Gasteiger charge is 2.13. The van der Waals surface area contributed by atoms with Crippen LogP contribution in [0.3, 0.4) is 0 Å². The molecule has 0 aliphatic rings. The fourth-order valence-corrected chi connectivity index (χ4v) is 3.09. The highest BCUT2D eigenvalue weighted by atomic mass is 32.2. The number of hydrogen-bond acceptors (Lipinski definition) is 7. The third kappa shape index (κ3) is 3.44. The van der Waals surface area contributed by atoms with Crippen LogP contribution >= 0.6 is 11.8 Å². The van der Waals surface area contributed by atoms with Gasteiger partial charge in [0.2, 0.25) is 0 Å². The van der Waals surface area contributed by atoms with E-state index >= 15 is 0 Å². The summed E-state index contributed by atoms with van der Waals surface area (Å²) in [5.41, 5.74) is 3.23. The van der Waals surface area contributed by atoms with Crippen molar-refractivity contribution in [1.82, 2.24) is 20.1 Å². The zero-order valence-corrected chi connectivity index (χ0v) is 14.4. The summed E-state index contributed by atoms with van der Waals surface area (Å²) in [6.45, 7) is 5.64. The molecule has 0 bridgehead atoms. The fourth-order valence-electron chi connectivity index (χ4n) is 2.17. The van der Waals surface area contributed by atoms with Gasteiger partial charge in [0.05, 0.1) is 11.4 Å². The van der Waals surface area contributed by atoms with E-state index in [9.17, 15) is 5.26 Å². The maximum absolute atomic E-state index is 9.27. The lowest BCUT2D eigenvalue weighted by Crippen LogP contribution is -1.99. The second-order valence-corrected chi connectivity index (χ2v) is 6.28. The molecule has 1 aromatic carbocycles. The van der Waals surface area contributed by atoms with E-state index < -0.39 is 0 Å². The number of nitriles is 1. The zero-order chi connectivity index (χ0) is 17.1. The average Bonchev–Trinajstić information content (AvgIpc) is 3.02. The molecule has 0 amide bonds. The Hall–Kier alpha value is -2.72. The lowest BCUT2D eigenvalue weighted by Gasteiger charge is -2.04. The minimum Gasteiger partial charge on any atom is -0.334 e. The Labute approximate surface area is 144 Å². The van der Waals surface area contributed by atoms with Gasteiger partial charge in [-0.15, -0.1) is 0 Å². The molecule has 2 aromatic heterocycles. The van der Waals surface area contributed by atoms with Gasteiger partial charge in [0.15, 0.2) is 5.82 Å². The third-order valence-corrected chi connectivity index (χ3v) is 4.36. The summed E-state index contributed by atoms with van der Waals surface area (Å²) < 4.78 is 5.31. The summed E-state index contributed by atoms with van der Waals surface area (Å²) >= 11 is 1.41. The summed E-state index contributed by atoms with van der Waals surface area (Å²) in [6, 6.07) is 10.1. The molecular weight excluding hydrogens is 322 g/mol. The molecule has 0 N–H and O–H groups in total. The molecule has 0 spiro atoms. The monoisotopic (exact) mass is 337 g/mol. The Bertz CT molecular complexity index is 912. The minimum absolute atomic E-state index is 0.472. The van der Waals surface area contributed by atoms with Crippen LogP contribution < -0.4 is 0 Å². The second kappa shape index (κ2) is 6.81. The van der Waals surface area contributed by atoms with Gasteiger partial charge < -0.3 is 4.52 Å². The number of nitrogens with zero attached hydrogens (tertiary/aromatic N) is 5. The molecule has 0 saturated heterocycles. The number of rotatable bonds is 4. The van der Waals surface area contributed by atoms with Crippen molar-refractivity contribution < 1.29 is 4.52 Å². The number of aromatic nitrogens is 4. The molecule has 7 heteroatoms. The molecule has 3 rings (SSSR count). The molecule has 0 unspecified atom stereocenters. The molecule has 24 heavy (non-hydrogen) atoms. The van der Waals surface area contributed by atoms with Crippen molar-refractivity contribution in [3.05, 3.63) is 52.7 Å². The first-order valence-corrected chi connectivity index (χ1v) is 8.33. The largest absolute Gasteiger partial charge is 0.334 e. The summed E-state index contributed by atoms with van der Waals surface area (Å²) in [6.07, 6.45) is 0. The third-order valence-electron chi connectivity index (χ3n) is 3.38. The maximum atomic E-state index is 9.27. The molecule has 0 saturated carbocycles. The Balaban J connectivity index is 1.77. The first kappa shape index (κ1) is 16.1. The Morgan fingerprint density at radius 3 is 2.54 bits per heavy atom. The fraction of sp³-hybridized carbons (Fsp3) is 0.235. The molecule has 0 radical (unpaired) electrons. The first-order chi connectivity index (χ1) is 11.6. The number of thioether (sulfide) groups is 1. The van der Waals surface area contributed by atoms with Crippen LogP contribution in [-0.4, -0.2) is 20.1 Å². The zero-order valence-electron chi connectivity index (χ0n) is 13.6. The van der Waals surface area contributed by atoms with Gasteiger partial charge in [0.25, 0.3) is 5.89 Å². The summed E-state index contributed by atoms with van der Waals surface area (Å²) in [5, 5.41) is 13.9. The van der Waals surface area contributed by atoms with Gasteiger partial charge in [0.1, 0.15) is 22.5 Å². The maximum Gasteiger partial charge on any atom is 0.257 e. The molecule has 0 aliphatic carbocycles. The standard InChI is InChI=1S/C17H15N5OS/c1-10-4-6-13(7-5-10)16-21-15(22-23-16)9-24-17-14(8-18)11(2)19-12(3)20-17/h4-7H,9H2,1-3H3. The molecule has 0 atom stereocenters. The topological polar surface area (TPSA) is 88.5 Å². The van der Waals surface area contributed by atoms with E-state index in [1.54, 1.807) is 6.92 Å². The quantitative estimate of drug-likeness (QED) is 0.530. The molecule has 120 valence electrons. The van der Waals surface area contributed by atoms with E-state index in [1.165, 1.54) is 17.3 Å². The van der Waals surface area contributed by atoms with Crippen LogP contribution in [0.15, 0.2) is 33.8 Å². The van der Waals surface area contributed by atoms with Crippen LogP contribution in [0.4, 0.5) is 0 Å². The van der Waals surface area contributed by atoms with Crippen LogP contribution in [0.5, 0.6) is 0 Å². The molecule has 6 nitrogen and oxygen atoms in total. The van der Waals surface area contributed by atoms with Crippen molar-refractivity contribution in [1.29, 1.82) is 5.26 Å². The number of hydrogen-bond donors (Lipinski definition) is 0. The summed E-state index contributed by atoms with van der Waals surface area (Å²) in [5.74, 6) is 2.16. The Morgan fingerprint density at radius 2 is 1.83 bits per heavy atom. The van der Waals surface area contributed by atoms with Gasteiger partial charge in [-0.2, -0.15) is 10.2 Å². The number of aryl methyl sites for hydroxylation is 3. The van der Waals surface area contributed by atoms with Crippen molar-refractivity contribution in [2.75, 3.05) is 0 Å². The SMILES string of the molecule is Cc1ccc(-c2nc(CSc3nc(C)nc(C)c3C#N)no2)cc1. The van der Waals surface area contributed by atoms with Crippen molar-refractivity contribution in [2.45, 2.75) is 31.6 Å². The first-order valence-electron chi connectivity index (χ1n) is 7.34. The lowest BCUT2D eigenvalue weighted by atomic mass is 10.1. The summed E-state index contributed by atoms with van der Waals surface area (Å²) in [4.78, 5) is 13.0. The average molecular weight is 337 g/mol. The highest BCUT2D eigenvalue weighted by Crippen LogP contribution is 2.26. The van der Waals surface area contributed by atoms with Crippen LogP contribution in [0.1, 0.15) is 28.5 Å². The van der Waals surface area contributed by atoms with E-state index in [4.69, 9.17) is 4.52 Å². The summed E-state index contributed by atoms with van der Waals surface area (Å²) in [7, 11) is 0. The van der Waals surface area contributed by atoms with Gasteiger partial charge in [-0.3, -0.25) is 0 Å². The van der Waals surface area contributed by atoms with E-state index in [1.807, 2.05) is 38.1 Å². The van der Waals surface area contributed by atoms with Crippen molar-refractivity contribution >= 4 is 11.8 Å². The smallest absolute Gasteiger partial charge is 0.257 e. The van der Waals surface area contributed by atoms with Crippen LogP contribution in [0.2, 0.25) is 0 Å². The van der Waals surface area contributed by atoms with Gasteiger partial charge in [-0.25, -0.2) is 9.97 Å².